The maximum atomic E-state index is 16.2. The van der Waals surface area contributed by atoms with Crippen LogP contribution in [-0.4, -0.2) is 36.5 Å². The van der Waals surface area contributed by atoms with Crippen LogP contribution in [0, 0.1) is 28.8 Å². The van der Waals surface area contributed by atoms with Gasteiger partial charge < -0.3 is 14.8 Å². The van der Waals surface area contributed by atoms with Crippen LogP contribution in [0.15, 0.2) is 30.5 Å². The molecule has 3 N–H and O–H groups in total. The molecule has 1 saturated carbocycles. The number of carboxylic acid groups (broad SMARTS) is 1. The molecule has 0 aliphatic heterocycles. The first-order chi connectivity index (χ1) is 17.5. The molecule has 1 aliphatic carbocycles. The second-order valence-corrected chi connectivity index (χ2v) is 10.4. The van der Waals surface area contributed by atoms with Crippen molar-refractivity contribution < 1.29 is 28.2 Å². The van der Waals surface area contributed by atoms with Gasteiger partial charge in [-0.05, 0) is 55.4 Å². The molecule has 37 heavy (non-hydrogen) atoms. The Balaban J connectivity index is 1.88. The first kappa shape index (κ1) is 24.8. The molecule has 5 rings (SSSR count). The predicted octanol–water partition coefficient (Wildman–Crippen LogP) is 5.59. The highest BCUT2D eigenvalue weighted by atomic mass is 19.2. The van der Waals surface area contributed by atoms with E-state index in [4.69, 9.17) is 0 Å². The van der Waals surface area contributed by atoms with Crippen LogP contribution >= 0.6 is 0 Å². The summed E-state index contributed by atoms with van der Waals surface area (Å²) in [4.78, 5) is 11.6. The zero-order chi connectivity index (χ0) is 26.7. The van der Waals surface area contributed by atoms with Crippen LogP contribution in [0.2, 0.25) is 0 Å². The Morgan fingerprint density at radius 1 is 1.24 bits per heavy atom. The van der Waals surface area contributed by atoms with Crippen LogP contribution in [-0.2, 0) is 10.2 Å². The largest absolute Gasteiger partial charge is 0.479 e. The van der Waals surface area contributed by atoms with Crippen molar-refractivity contribution in [2.45, 2.75) is 62.9 Å². The Morgan fingerprint density at radius 2 is 1.95 bits per heavy atom. The van der Waals surface area contributed by atoms with Crippen molar-refractivity contribution in [3.05, 3.63) is 59.2 Å². The van der Waals surface area contributed by atoms with Gasteiger partial charge in [-0.25, -0.2) is 18.0 Å². The van der Waals surface area contributed by atoms with E-state index in [1.54, 1.807) is 10.6 Å². The smallest absolute Gasteiger partial charge is 0.335 e. The van der Waals surface area contributed by atoms with Gasteiger partial charge in [-0.1, -0.05) is 13.8 Å². The van der Waals surface area contributed by atoms with Crippen LogP contribution in [0.4, 0.5) is 13.2 Å². The molecule has 0 atom stereocenters. The Morgan fingerprint density at radius 3 is 2.57 bits per heavy atom. The summed E-state index contributed by atoms with van der Waals surface area (Å²) in [5.74, 6) is -4.32. The van der Waals surface area contributed by atoms with E-state index in [1.165, 1.54) is 12.3 Å². The normalized spacial score (nSPS) is 20.4. The second kappa shape index (κ2) is 8.63. The maximum Gasteiger partial charge on any atom is 0.335 e. The quantitative estimate of drug-likeness (QED) is 0.324. The molecule has 2 aromatic carbocycles. The summed E-state index contributed by atoms with van der Waals surface area (Å²) >= 11 is 0. The topological polar surface area (TPSA) is 115 Å². The number of hydrogen-bond acceptors (Lipinski definition) is 4. The average molecular weight is 511 g/mol. The Labute approximate surface area is 210 Å². The number of fused-ring (bicyclic) bond motifs is 2. The maximum absolute atomic E-state index is 16.2. The van der Waals surface area contributed by atoms with Gasteiger partial charge in [-0.15, -0.1) is 0 Å². The first-order valence-electron chi connectivity index (χ1n) is 12.0. The highest BCUT2D eigenvalue weighted by Gasteiger charge is 2.43. The van der Waals surface area contributed by atoms with E-state index in [1.807, 2.05) is 13.8 Å². The summed E-state index contributed by atoms with van der Waals surface area (Å²) in [6, 6.07) is 7.32. The van der Waals surface area contributed by atoms with E-state index in [2.05, 4.69) is 16.3 Å². The molecular weight excluding hydrogens is 485 g/mol. The number of aliphatic carboxylic acids is 1. The summed E-state index contributed by atoms with van der Waals surface area (Å²) in [6.07, 6.45) is 1.97. The highest BCUT2D eigenvalue weighted by molar-refractivity contribution is 6.00. The van der Waals surface area contributed by atoms with Crippen LogP contribution in [0.1, 0.15) is 63.1 Å². The summed E-state index contributed by atoms with van der Waals surface area (Å²) in [7, 11) is 0. The van der Waals surface area contributed by atoms with Crippen LogP contribution < -0.4 is 0 Å². The zero-order valence-corrected chi connectivity index (χ0v) is 20.3. The number of H-pyrrole nitrogens is 1. The number of carbonyl (C=O) groups is 1. The minimum Gasteiger partial charge on any atom is -0.479 e. The SMILES string of the molecule is CC(C)(CC#N)c1c([C@H]2CC[C@](O)(C(=O)O)CC2)c2c(F)c3[nH]ncc3cc2n1-c1ccc(F)c(F)c1. The van der Waals surface area contributed by atoms with Gasteiger partial charge in [0.2, 0.25) is 0 Å². The molecule has 0 amide bonds. The van der Waals surface area contributed by atoms with Crippen molar-refractivity contribution in [1.29, 1.82) is 5.26 Å². The minimum absolute atomic E-state index is 0.0309. The van der Waals surface area contributed by atoms with Gasteiger partial charge in [0.25, 0.3) is 0 Å². The third-order valence-corrected chi connectivity index (χ3v) is 7.59. The Hall–Kier alpha value is -3.84. The van der Waals surface area contributed by atoms with E-state index in [-0.39, 0.29) is 54.6 Å². The Kier molecular flexibility index (Phi) is 5.79. The van der Waals surface area contributed by atoms with Gasteiger partial charge in [-0.2, -0.15) is 10.4 Å². The lowest BCUT2D eigenvalue weighted by Gasteiger charge is -2.35. The van der Waals surface area contributed by atoms with Crippen molar-refractivity contribution >= 4 is 27.8 Å². The molecule has 192 valence electrons. The van der Waals surface area contributed by atoms with Crippen molar-refractivity contribution in [1.82, 2.24) is 14.8 Å². The van der Waals surface area contributed by atoms with E-state index >= 15 is 4.39 Å². The van der Waals surface area contributed by atoms with Gasteiger partial charge in [0, 0.05) is 40.1 Å². The zero-order valence-electron chi connectivity index (χ0n) is 20.3. The molecule has 0 radical (unpaired) electrons. The number of benzene rings is 2. The Bertz CT molecular complexity index is 1590. The number of aliphatic hydroxyl groups is 1. The van der Waals surface area contributed by atoms with Crippen LogP contribution in [0.5, 0.6) is 0 Å². The molecule has 0 unspecified atom stereocenters. The van der Waals surface area contributed by atoms with Gasteiger partial charge in [0.15, 0.2) is 23.1 Å². The molecule has 1 fully saturated rings. The van der Waals surface area contributed by atoms with E-state index < -0.39 is 34.4 Å². The fourth-order valence-corrected chi connectivity index (χ4v) is 5.67. The molecule has 1 aliphatic rings. The van der Waals surface area contributed by atoms with Crippen LogP contribution in [0.25, 0.3) is 27.5 Å². The van der Waals surface area contributed by atoms with Gasteiger partial charge in [0.1, 0.15) is 5.52 Å². The fourth-order valence-electron chi connectivity index (χ4n) is 5.67. The number of hydrogen-bond donors (Lipinski definition) is 3. The molecule has 0 saturated heterocycles. The molecule has 10 heteroatoms. The van der Waals surface area contributed by atoms with Gasteiger partial charge in [-0.3, -0.25) is 5.10 Å². The third-order valence-electron chi connectivity index (χ3n) is 7.59. The molecule has 4 aromatic rings. The lowest BCUT2D eigenvalue weighted by Crippen LogP contribution is -2.41. The number of nitrogens with zero attached hydrogens (tertiary/aromatic N) is 3. The predicted molar refractivity (Wildman–Crippen MR) is 130 cm³/mol. The minimum atomic E-state index is -1.87. The second-order valence-electron chi connectivity index (χ2n) is 10.4. The molecule has 7 nitrogen and oxygen atoms in total. The highest BCUT2D eigenvalue weighted by Crippen LogP contribution is 2.49. The third kappa shape index (κ3) is 3.85. The number of aromatic nitrogens is 3. The molecule has 2 heterocycles. The summed E-state index contributed by atoms with van der Waals surface area (Å²) in [6.45, 7) is 3.65. The number of halogens is 3. The summed E-state index contributed by atoms with van der Waals surface area (Å²) in [5, 5.41) is 37.0. The lowest BCUT2D eigenvalue weighted by atomic mass is 9.72. The lowest BCUT2D eigenvalue weighted by molar-refractivity contribution is -0.162. The van der Waals surface area contributed by atoms with Crippen LogP contribution in [0.3, 0.4) is 0 Å². The average Bonchev–Trinajstić information content (AvgIpc) is 3.45. The monoisotopic (exact) mass is 510 g/mol. The number of nitriles is 1. The number of aromatic amines is 1. The fraction of sp³-hybridized carbons (Fsp3) is 0.370. The standard InChI is InChI=1S/C27H25F3N4O3/c1-26(2,9-10-31)24-20(14-5-7-27(37,8-6-14)25(35)36)21-19(11-15-13-32-33-23(15)22(21)30)34(24)16-3-4-17(28)18(29)12-16/h3-4,11-14,37H,5-9H2,1-2H3,(H,32,33)(H,35,36)/t14-,27+. The molecular formula is C27H25F3N4O3. The van der Waals surface area contributed by atoms with Crippen molar-refractivity contribution in [3.63, 3.8) is 0 Å². The molecule has 0 bridgehead atoms. The van der Waals surface area contributed by atoms with E-state index in [0.29, 0.717) is 22.2 Å². The number of carboxylic acids is 1. The molecule has 0 spiro atoms. The van der Waals surface area contributed by atoms with Crippen molar-refractivity contribution in [2.75, 3.05) is 0 Å². The van der Waals surface area contributed by atoms with E-state index in [9.17, 15) is 29.1 Å². The first-order valence-corrected chi connectivity index (χ1v) is 12.0. The van der Waals surface area contributed by atoms with Crippen molar-refractivity contribution in [3.8, 4) is 11.8 Å². The number of nitrogens with one attached hydrogen (secondary N) is 1. The van der Waals surface area contributed by atoms with Gasteiger partial charge >= 0.3 is 5.97 Å². The summed E-state index contributed by atoms with van der Waals surface area (Å²) < 4.78 is 46.2. The van der Waals surface area contributed by atoms with Gasteiger partial charge in [0.05, 0.1) is 17.8 Å². The van der Waals surface area contributed by atoms with E-state index in [0.717, 1.165) is 12.1 Å². The molecule has 2 aromatic heterocycles. The van der Waals surface area contributed by atoms with Crippen molar-refractivity contribution in [2.24, 2.45) is 0 Å². The number of rotatable bonds is 5. The summed E-state index contributed by atoms with van der Waals surface area (Å²) in [5.41, 5.74) is -0.761.